The Morgan fingerprint density at radius 2 is 2.12 bits per heavy atom. The third kappa shape index (κ3) is 2.33. The topological polar surface area (TPSA) is 46.3 Å². The van der Waals surface area contributed by atoms with Crippen molar-refractivity contribution in [1.82, 2.24) is 4.90 Å². The van der Waals surface area contributed by atoms with Crippen molar-refractivity contribution >= 4 is 11.6 Å². The average Bonchev–Trinajstić information content (AvgIpc) is 2.32. The molecule has 1 aromatic carbocycles. The number of rotatable bonds is 1. The quantitative estimate of drug-likeness (QED) is 0.594. The van der Waals surface area contributed by atoms with Crippen LogP contribution in [-0.4, -0.2) is 23.9 Å². The van der Waals surface area contributed by atoms with Gasteiger partial charge in [-0.1, -0.05) is 23.8 Å². The normalized spacial score (nSPS) is 15.6. The van der Waals surface area contributed by atoms with Crippen LogP contribution in [0.3, 0.4) is 0 Å². The van der Waals surface area contributed by atoms with Crippen molar-refractivity contribution in [3.63, 3.8) is 0 Å². The molecule has 0 aliphatic carbocycles. The maximum atomic E-state index is 12.3. The summed E-state index contributed by atoms with van der Waals surface area (Å²) in [5.41, 5.74) is 9.39. The van der Waals surface area contributed by atoms with Crippen LogP contribution < -0.4 is 5.73 Å². The Bertz CT molecular complexity index is 477. The molecule has 2 N–H and O–H groups in total. The lowest BCUT2D eigenvalue weighted by molar-refractivity contribution is 0.0767. The van der Waals surface area contributed by atoms with Crippen molar-refractivity contribution in [2.45, 2.75) is 20.3 Å². The maximum absolute atomic E-state index is 12.3. The highest BCUT2D eigenvalue weighted by Crippen LogP contribution is 2.20. The van der Waals surface area contributed by atoms with Gasteiger partial charge in [0.2, 0.25) is 0 Å². The van der Waals surface area contributed by atoms with E-state index in [0.29, 0.717) is 17.8 Å². The molecule has 0 spiro atoms. The molecule has 0 atom stereocenters. The number of nitrogen functional groups attached to an aromatic ring is 1. The summed E-state index contributed by atoms with van der Waals surface area (Å²) < 4.78 is 0. The van der Waals surface area contributed by atoms with Crippen LogP contribution in [-0.2, 0) is 0 Å². The maximum Gasteiger partial charge on any atom is 0.256 e. The van der Waals surface area contributed by atoms with Crippen molar-refractivity contribution in [3.05, 3.63) is 41.0 Å². The smallest absolute Gasteiger partial charge is 0.256 e. The Morgan fingerprint density at radius 3 is 2.82 bits per heavy atom. The second kappa shape index (κ2) is 4.62. The number of anilines is 1. The average molecular weight is 230 g/mol. The summed E-state index contributed by atoms with van der Waals surface area (Å²) in [6.45, 7) is 5.47. The first-order valence-electron chi connectivity index (χ1n) is 5.89. The number of aryl methyl sites for hydroxylation is 1. The number of nitrogens with two attached hydrogens (primary N) is 1. The van der Waals surface area contributed by atoms with E-state index >= 15 is 0 Å². The standard InChI is InChI=1S/C14H18N2O/c1-10-5-4-8-16(9-10)14(17)12-7-3-6-11(2)13(12)15/h3,5-7H,4,8-9,15H2,1-2H3. The van der Waals surface area contributed by atoms with Gasteiger partial charge in [-0.05, 0) is 31.9 Å². The monoisotopic (exact) mass is 230 g/mol. The van der Waals surface area contributed by atoms with Gasteiger partial charge in [0.15, 0.2) is 0 Å². The van der Waals surface area contributed by atoms with Crippen molar-refractivity contribution < 1.29 is 4.79 Å². The van der Waals surface area contributed by atoms with Gasteiger partial charge >= 0.3 is 0 Å². The zero-order valence-electron chi connectivity index (χ0n) is 10.4. The highest BCUT2D eigenvalue weighted by atomic mass is 16.2. The molecule has 1 heterocycles. The minimum absolute atomic E-state index is 0.0404. The fraction of sp³-hybridized carbons (Fsp3) is 0.357. The molecular formula is C14H18N2O. The van der Waals surface area contributed by atoms with E-state index in [9.17, 15) is 4.79 Å². The molecule has 17 heavy (non-hydrogen) atoms. The Hall–Kier alpha value is -1.77. The number of nitrogens with zero attached hydrogens (tertiary/aromatic N) is 1. The largest absolute Gasteiger partial charge is 0.398 e. The number of hydrogen-bond donors (Lipinski definition) is 1. The molecule has 0 saturated heterocycles. The van der Waals surface area contributed by atoms with E-state index < -0.39 is 0 Å². The summed E-state index contributed by atoms with van der Waals surface area (Å²) in [5, 5.41) is 0. The van der Waals surface area contributed by atoms with E-state index in [2.05, 4.69) is 13.0 Å². The molecular weight excluding hydrogens is 212 g/mol. The van der Waals surface area contributed by atoms with Gasteiger partial charge in [0.1, 0.15) is 0 Å². The number of benzene rings is 1. The molecule has 1 aliphatic rings. The van der Waals surface area contributed by atoms with Gasteiger partial charge in [0, 0.05) is 18.8 Å². The van der Waals surface area contributed by atoms with Crippen LogP contribution in [0.1, 0.15) is 29.3 Å². The number of amides is 1. The summed E-state index contributed by atoms with van der Waals surface area (Å²) in [4.78, 5) is 14.2. The van der Waals surface area contributed by atoms with Crippen molar-refractivity contribution in [2.75, 3.05) is 18.8 Å². The zero-order valence-corrected chi connectivity index (χ0v) is 10.4. The second-order valence-electron chi connectivity index (χ2n) is 4.60. The summed E-state index contributed by atoms with van der Waals surface area (Å²) in [5.74, 6) is 0.0404. The zero-order chi connectivity index (χ0) is 12.4. The molecule has 1 aliphatic heterocycles. The third-order valence-electron chi connectivity index (χ3n) is 3.17. The Balaban J connectivity index is 2.26. The highest BCUT2D eigenvalue weighted by molar-refractivity contribution is 5.99. The number of hydrogen-bond acceptors (Lipinski definition) is 2. The lowest BCUT2D eigenvalue weighted by atomic mass is 10.1. The van der Waals surface area contributed by atoms with Crippen molar-refractivity contribution in [1.29, 1.82) is 0 Å². The van der Waals surface area contributed by atoms with Crippen LogP contribution in [0.4, 0.5) is 5.69 Å². The lowest BCUT2D eigenvalue weighted by Gasteiger charge is -2.26. The molecule has 90 valence electrons. The first-order chi connectivity index (χ1) is 8.09. The molecule has 0 saturated carbocycles. The van der Waals surface area contributed by atoms with E-state index in [-0.39, 0.29) is 5.91 Å². The van der Waals surface area contributed by atoms with Crippen LogP contribution >= 0.6 is 0 Å². The Kier molecular flexibility index (Phi) is 3.18. The molecule has 0 fully saturated rings. The van der Waals surface area contributed by atoms with Gasteiger partial charge in [0.05, 0.1) is 5.56 Å². The van der Waals surface area contributed by atoms with E-state index in [1.807, 2.05) is 24.0 Å². The minimum atomic E-state index is 0.0404. The van der Waals surface area contributed by atoms with E-state index in [0.717, 1.165) is 18.5 Å². The van der Waals surface area contributed by atoms with Crippen LogP contribution in [0.2, 0.25) is 0 Å². The summed E-state index contributed by atoms with van der Waals surface area (Å²) >= 11 is 0. The van der Waals surface area contributed by atoms with Gasteiger partial charge in [-0.15, -0.1) is 0 Å². The van der Waals surface area contributed by atoms with Gasteiger partial charge in [0.25, 0.3) is 5.91 Å². The fourth-order valence-corrected chi connectivity index (χ4v) is 2.12. The molecule has 1 amide bonds. The number of para-hydroxylation sites is 1. The molecule has 0 aromatic heterocycles. The molecule has 2 rings (SSSR count). The van der Waals surface area contributed by atoms with Crippen molar-refractivity contribution in [2.24, 2.45) is 0 Å². The van der Waals surface area contributed by atoms with Crippen LogP contribution in [0, 0.1) is 6.92 Å². The molecule has 0 bridgehead atoms. The van der Waals surface area contributed by atoms with Crippen LogP contribution in [0.25, 0.3) is 0 Å². The third-order valence-corrected chi connectivity index (χ3v) is 3.17. The summed E-state index contributed by atoms with van der Waals surface area (Å²) in [6.07, 6.45) is 3.12. The van der Waals surface area contributed by atoms with E-state index in [1.165, 1.54) is 5.57 Å². The molecule has 3 heteroatoms. The lowest BCUT2D eigenvalue weighted by Crippen LogP contribution is -2.35. The number of carbonyl (C=O) groups is 1. The molecule has 0 radical (unpaired) electrons. The van der Waals surface area contributed by atoms with Crippen LogP contribution in [0.5, 0.6) is 0 Å². The van der Waals surface area contributed by atoms with Gasteiger partial charge in [-0.2, -0.15) is 0 Å². The Labute approximate surface area is 102 Å². The van der Waals surface area contributed by atoms with E-state index in [1.54, 1.807) is 6.07 Å². The second-order valence-corrected chi connectivity index (χ2v) is 4.60. The summed E-state index contributed by atoms with van der Waals surface area (Å²) in [7, 11) is 0. The minimum Gasteiger partial charge on any atom is -0.398 e. The predicted octanol–water partition coefficient (Wildman–Crippen LogP) is 2.37. The molecule has 1 aromatic rings. The van der Waals surface area contributed by atoms with Gasteiger partial charge in [-0.25, -0.2) is 0 Å². The van der Waals surface area contributed by atoms with Gasteiger partial charge < -0.3 is 10.6 Å². The van der Waals surface area contributed by atoms with E-state index in [4.69, 9.17) is 5.73 Å². The number of carbonyl (C=O) groups excluding carboxylic acids is 1. The fourth-order valence-electron chi connectivity index (χ4n) is 2.12. The van der Waals surface area contributed by atoms with Gasteiger partial charge in [-0.3, -0.25) is 4.79 Å². The summed E-state index contributed by atoms with van der Waals surface area (Å²) in [6, 6.07) is 5.61. The first-order valence-corrected chi connectivity index (χ1v) is 5.89. The molecule has 0 unspecified atom stereocenters. The predicted molar refractivity (Wildman–Crippen MR) is 69.9 cm³/mol. The first kappa shape index (κ1) is 11.7. The highest BCUT2D eigenvalue weighted by Gasteiger charge is 2.20. The SMILES string of the molecule is CC1=CCCN(C(=O)c2cccc(C)c2N)C1. The Morgan fingerprint density at radius 1 is 1.35 bits per heavy atom. The van der Waals surface area contributed by atoms with Crippen LogP contribution in [0.15, 0.2) is 29.8 Å². The molecule has 3 nitrogen and oxygen atoms in total. The van der Waals surface area contributed by atoms with Crippen molar-refractivity contribution in [3.8, 4) is 0 Å².